The van der Waals surface area contributed by atoms with Crippen molar-refractivity contribution in [2.45, 2.75) is 6.54 Å². The van der Waals surface area contributed by atoms with Crippen LogP contribution in [0.15, 0.2) is 30.3 Å². The average Bonchev–Trinajstić information content (AvgIpc) is 2.42. The maximum Gasteiger partial charge on any atom is 0.288 e. The van der Waals surface area contributed by atoms with Crippen molar-refractivity contribution in [2.24, 2.45) is 0 Å². The first kappa shape index (κ1) is 15.0. The molecule has 0 aliphatic carbocycles. The molecule has 2 N–H and O–H groups in total. The van der Waals surface area contributed by atoms with Crippen LogP contribution < -0.4 is 5.32 Å². The van der Waals surface area contributed by atoms with Gasteiger partial charge >= 0.3 is 0 Å². The maximum absolute atomic E-state index is 13.2. The lowest BCUT2D eigenvalue weighted by Crippen LogP contribution is -2.01. The fourth-order valence-electron chi connectivity index (χ4n) is 1.69. The number of hydrogen-bond acceptors (Lipinski definition) is 4. The number of nitrogens with one attached hydrogen (secondary N) is 1. The lowest BCUT2D eigenvalue weighted by molar-refractivity contribution is -0.384. The summed E-state index contributed by atoms with van der Waals surface area (Å²) in [5.74, 6) is -3.15. The minimum Gasteiger partial charge on any atom is -0.503 e. The van der Waals surface area contributed by atoms with Gasteiger partial charge in [0.2, 0.25) is 0 Å². The van der Waals surface area contributed by atoms with Crippen LogP contribution in [0, 0.1) is 21.7 Å². The van der Waals surface area contributed by atoms with Crippen LogP contribution in [0.25, 0.3) is 0 Å². The Morgan fingerprint density at radius 2 is 1.86 bits per heavy atom. The van der Waals surface area contributed by atoms with Gasteiger partial charge in [-0.15, -0.1) is 0 Å². The van der Waals surface area contributed by atoms with Gasteiger partial charge in [0.15, 0.2) is 17.4 Å². The molecular weight excluding hydrogens is 306 g/mol. The Kier molecular flexibility index (Phi) is 4.23. The SMILES string of the molecule is O=[N+]([O-])c1ccc(NCc2cc(F)c(O)c(F)c2)cc1Cl. The van der Waals surface area contributed by atoms with Crippen LogP contribution >= 0.6 is 11.6 Å². The Morgan fingerprint density at radius 1 is 1.24 bits per heavy atom. The molecule has 0 radical (unpaired) electrons. The van der Waals surface area contributed by atoms with Crippen molar-refractivity contribution in [3.05, 3.63) is 62.7 Å². The zero-order valence-electron chi connectivity index (χ0n) is 10.4. The summed E-state index contributed by atoms with van der Waals surface area (Å²) in [6.07, 6.45) is 0. The summed E-state index contributed by atoms with van der Waals surface area (Å²) < 4.78 is 26.3. The van der Waals surface area contributed by atoms with E-state index in [-0.39, 0.29) is 22.8 Å². The summed E-state index contributed by atoms with van der Waals surface area (Å²) in [5.41, 5.74) is 0.487. The summed E-state index contributed by atoms with van der Waals surface area (Å²) in [7, 11) is 0. The van der Waals surface area contributed by atoms with E-state index in [0.29, 0.717) is 5.69 Å². The lowest BCUT2D eigenvalue weighted by atomic mass is 10.2. The summed E-state index contributed by atoms with van der Waals surface area (Å²) in [6.45, 7) is 0.0578. The Morgan fingerprint density at radius 3 is 2.38 bits per heavy atom. The van der Waals surface area contributed by atoms with E-state index in [2.05, 4.69) is 5.32 Å². The molecule has 0 aliphatic heterocycles. The molecule has 2 rings (SSSR count). The van der Waals surface area contributed by atoms with Crippen molar-refractivity contribution in [1.29, 1.82) is 0 Å². The van der Waals surface area contributed by atoms with Gasteiger partial charge < -0.3 is 10.4 Å². The van der Waals surface area contributed by atoms with E-state index in [4.69, 9.17) is 16.7 Å². The van der Waals surface area contributed by atoms with E-state index in [1.165, 1.54) is 18.2 Å². The second kappa shape index (κ2) is 5.92. The fraction of sp³-hybridized carbons (Fsp3) is 0.0769. The molecule has 0 bridgehead atoms. The smallest absolute Gasteiger partial charge is 0.288 e. The van der Waals surface area contributed by atoms with Crippen molar-refractivity contribution in [1.82, 2.24) is 0 Å². The highest BCUT2D eigenvalue weighted by Crippen LogP contribution is 2.28. The van der Waals surface area contributed by atoms with Gasteiger partial charge in [-0.3, -0.25) is 10.1 Å². The fourth-order valence-corrected chi connectivity index (χ4v) is 1.94. The van der Waals surface area contributed by atoms with Gasteiger partial charge in [0.05, 0.1) is 4.92 Å². The molecular formula is C13H9ClF2N2O3. The molecule has 8 heteroatoms. The van der Waals surface area contributed by atoms with Gasteiger partial charge in [-0.05, 0) is 29.8 Å². The predicted molar refractivity (Wildman–Crippen MR) is 73.5 cm³/mol. The average molecular weight is 315 g/mol. The van der Waals surface area contributed by atoms with Gasteiger partial charge in [0.1, 0.15) is 5.02 Å². The van der Waals surface area contributed by atoms with Crippen LogP contribution in [0.2, 0.25) is 5.02 Å². The number of nitro groups is 1. The molecule has 5 nitrogen and oxygen atoms in total. The number of aromatic hydroxyl groups is 1. The van der Waals surface area contributed by atoms with Crippen LogP contribution in [0.3, 0.4) is 0 Å². The van der Waals surface area contributed by atoms with E-state index in [0.717, 1.165) is 12.1 Å². The summed E-state index contributed by atoms with van der Waals surface area (Å²) in [6, 6.07) is 5.96. The second-order valence-electron chi connectivity index (χ2n) is 4.18. The number of phenolic OH excluding ortho intramolecular Hbond substituents is 1. The minimum atomic E-state index is -1.06. The van der Waals surface area contributed by atoms with Crippen LogP contribution in [0.5, 0.6) is 5.75 Å². The summed E-state index contributed by atoms with van der Waals surface area (Å²) in [4.78, 5) is 10.00. The standard InChI is InChI=1S/C13H9ClF2N2O3/c14-9-5-8(1-2-12(9)18(20)21)17-6-7-3-10(15)13(19)11(16)4-7/h1-5,17,19H,6H2. The topological polar surface area (TPSA) is 75.4 Å². The molecule has 0 atom stereocenters. The molecule has 2 aromatic carbocycles. The third-order valence-electron chi connectivity index (χ3n) is 2.72. The zero-order chi connectivity index (χ0) is 15.6. The van der Waals surface area contributed by atoms with Crippen molar-refractivity contribution in [2.75, 3.05) is 5.32 Å². The molecule has 0 spiro atoms. The van der Waals surface area contributed by atoms with Crippen molar-refractivity contribution < 1.29 is 18.8 Å². The number of nitrogens with zero attached hydrogens (tertiary/aromatic N) is 1. The highest BCUT2D eigenvalue weighted by atomic mass is 35.5. The van der Waals surface area contributed by atoms with Gasteiger partial charge in [0, 0.05) is 18.3 Å². The van der Waals surface area contributed by atoms with Crippen molar-refractivity contribution in [3.63, 3.8) is 0 Å². The number of anilines is 1. The van der Waals surface area contributed by atoms with Gasteiger partial charge in [0.25, 0.3) is 5.69 Å². The maximum atomic E-state index is 13.2. The number of halogens is 3. The van der Waals surface area contributed by atoms with E-state index in [9.17, 15) is 18.9 Å². The normalized spacial score (nSPS) is 10.4. The van der Waals surface area contributed by atoms with Crippen LogP contribution in [-0.4, -0.2) is 10.0 Å². The summed E-state index contributed by atoms with van der Waals surface area (Å²) in [5, 5.41) is 22.4. The molecule has 21 heavy (non-hydrogen) atoms. The molecule has 0 amide bonds. The largest absolute Gasteiger partial charge is 0.503 e. The van der Waals surface area contributed by atoms with Gasteiger partial charge in [-0.25, -0.2) is 8.78 Å². The van der Waals surface area contributed by atoms with Crippen molar-refractivity contribution >= 4 is 23.0 Å². The number of rotatable bonds is 4. The molecule has 0 aliphatic rings. The molecule has 0 saturated heterocycles. The monoisotopic (exact) mass is 314 g/mol. The number of nitro benzene ring substituents is 1. The Hall–Kier alpha value is -2.41. The van der Waals surface area contributed by atoms with Crippen LogP contribution in [0.1, 0.15) is 5.56 Å². The second-order valence-corrected chi connectivity index (χ2v) is 4.59. The Bertz CT molecular complexity index is 687. The highest BCUT2D eigenvalue weighted by molar-refractivity contribution is 6.32. The molecule has 0 unspecified atom stereocenters. The third kappa shape index (κ3) is 3.38. The van der Waals surface area contributed by atoms with E-state index < -0.39 is 22.3 Å². The molecule has 0 saturated carbocycles. The predicted octanol–water partition coefficient (Wildman–Crippen LogP) is 3.84. The van der Waals surface area contributed by atoms with E-state index >= 15 is 0 Å². The molecule has 2 aromatic rings. The van der Waals surface area contributed by atoms with Crippen LogP contribution in [0.4, 0.5) is 20.2 Å². The number of benzene rings is 2. The first-order valence-electron chi connectivity index (χ1n) is 5.73. The molecule has 0 heterocycles. The lowest BCUT2D eigenvalue weighted by Gasteiger charge is -2.08. The van der Waals surface area contributed by atoms with Gasteiger partial charge in [-0.2, -0.15) is 0 Å². The highest BCUT2D eigenvalue weighted by Gasteiger charge is 2.13. The molecule has 110 valence electrons. The van der Waals surface area contributed by atoms with Crippen molar-refractivity contribution in [3.8, 4) is 5.75 Å². The first-order chi connectivity index (χ1) is 9.88. The molecule has 0 aromatic heterocycles. The number of phenols is 1. The third-order valence-corrected chi connectivity index (χ3v) is 3.02. The quantitative estimate of drug-likeness (QED) is 0.664. The Labute approximate surface area is 122 Å². The zero-order valence-corrected chi connectivity index (χ0v) is 11.2. The summed E-state index contributed by atoms with van der Waals surface area (Å²) >= 11 is 5.74. The molecule has 0 fully saturated rings. The van der Waals surface area contributed by atoms with E-state index in [1.807, 2.05) is 0 Å². The minimum absolute atomic E-state index is 0.0481. The number of hydrogen-bond donors (Lipinski definition) is 2. The first-order valence-corrected chi connectivity index (χ1v) is 6.11. The van der Waals surface area contributed by atoms with Gasteiger partial charge in [-0.1, -0.05) is 11.6 Å². The Balaban J connectivity index is 2.13. The van der Waals surface area contributed by atoms with Crippen LogP contribution in [-0.2, 0) is 6.54 Å². The van der Waals surface area contributed by atoms with E-state index in [1.54, 1.807) is 0 Å².